The van der Waals surface area contributed by atoms with Crippen LogP contribution in [0.4, 0.5) is 0 Å². The van der Waals surface area contributed by atoms with Gasteiger partial charge in [-0.25, -0.2) is 0 Å². The number of para-hydroxylation sites is 4. The number of furan rings is 2. The van der Waals surface area contributed by atoms with E-state index in [1.54, 1.807) is 0 Å². The van der Waals surface area contributed by atoms with Gasteiger partial charge in [0.25, 0.3) is 0 Å². The maximum Gasteiger partial charge on any atom is 0.135 e. The Morgan fingerprint density at radius 1 is 0.253 bits per heavy atom. The molecule has 0 atom stereocenters. The summed E-state index contributed by atoms with van der Waals surface area (Å²) in [5, 5.41) is 15.0. The molecule has 0 saturated heterocycles. The van der Waals surface area contributed by atoms with E-state index in [4.69, 9.17) is 8.83 Å². The van der Waals surface area contributed by atoms with Gasteiger partial charge in [0.05, 0.1) is 22.1 Å². The number of nitrogens with zero attached hydrogens (tertiary/aromatic N) is 2. The molecule has 2 aliphatic rings. The Balaban J connectivity index is 0.000000132. The van der Waals surface area contributed by atoms with Crippen molar-refractivity contribution in [2.75, 3.05) is 0 Å². The first-order chi connectivity index (χ1) is 44.5. The van der Waals surface area contributed by atoms with Crippen LogP contribution in [-0.2, 0) is 10.8 Å². The summed E-state index contributed by atoms with van der Waals surface area (Å²) in [6.07, 6.45) is 0. The fourth-order valence-corrected chi connectivity index (χ4v) is 16.0. The van der Waals surface area contributed by atoms with Crippen LogP contribution in [0.1, 0.15) is 55.5 Å². The van der Waals surface area contributed by atoms with Crippen molar-refractivity contribution in [3.63, 3.8) is 0 Å². The Morgan fingerprint density at radius 2 is 0.626 bits per heavy atom. The van der Waals surface area contributed by atoms with Crippen LogP contribution in [0.3, 0.4) is 0 Å². The minimum absolute atomic E-state index is 0.150. The molecule has 0 amide bonds. The highest BCUT2D eigenvalue weighted by Gasteiger charge is 2.39. The van der Waals surface area contributed by atoms with Gasteiger partial charge in [-0.05, 0) is 198 Å². The molecule has 430 valence electrons. The van der Waals surface area contributed by atoms with E-state index in [1.807, 2.05) is 12.1 Å². The monoisotopic (exact) mass is 1160 g/mol. The molecular formula is C87H60N2O2. The van der Waals surface area contributed by atoms with Gasteiger partial charge in [0.2, 0.25) is 0 Å². The summed E-state index contributed by atoms with van der Waals surface area (Å²) in [6.45, 7) is 11.5. The summed E-state index contributed by atoms with van der Waals surface area (Å²) in [7, 11) is 0. The molecule has 18 aromatic rings. The maximum atomic E-state index is 6.35. The van der Waals surface area contributed by atoms with E-state index < -0.39 is 0 Å². The van der Waals surface area contributed by atoms with Gasteiger partial charge in [0, 0.05) is 65.3 Å². The van der Waals surface area contributed by atoms with Crippen LogP contribution in [0.2, 0.25) is 0 Å². The van der Waals surface area contributed by atoms with Gasteiger partial charge in [-0.15, -0.1) is 0 Å². The Kier molecular flexibility index (Phi) is 10.8. The van der Waals surface area contributed by atoms with Crippen LogP contribution in [0.25, 0.3) is 165 Å². The highest BCUT2D eigenvalue weighted by molar-refractivity contribution is 6.17. The first-order valence-electron chi connectivity index (χ1n) is 31.8. The third kappa shape index (κ3) is 7.51. The third-order valence-corrected chi connectivity index (χ3v) is 20.6. The normalized spacial score (nSPS) is 13.7. The second-order valence-corrected chi connectivity index (χ2v) is 26.4. The van der Waals surface area contributed by atoms with Crippen LogP contribution in [0.15, 0.2) is 282 Å². The van der Waals surface area contributed by atoms with Gasteiger partial charge >= 0.3 is 0 Å². The Hall–Kier alpha value is -11.2. The van der Waals surface area contributed by atoms with Crippen LogP contribution in [0.5, 0.6) is 0 Å². The molecule has 4 heterocycles. The number of hydrogen-bond acceptors (Lipinski definition) is 2. The smallest absolute Gasteiger partial charge is 0.135 e. The summed E-state index contributed by atoms with van der Waals surface area (Å²) in [4.78, 5) is 0. The minimum Gasteiger partial charge on any atom is -0.456 e. The minimum atomic E-state index is -0.172. The second kappa shape index (κ2) is 18.9. The molecule has 4 heteroatoms. The van der Waals surface area contributed by atoms with Crippen molar-refractivity contribution in [1.82, 2.24) is 9.13 Å². The van der Waals surface area contributed by atoms with Crippen LogP contribution in [0, 0.1) is 6.92 Å². The van der Waals surface area contributed by atoms with Crippen LogP contribution >= 0.6 is 0 Å². The fraction of sp³-hybridized carbons (Fsp3) is 0.0805. The molecule has 4 aromatic heterocycles. The van der Waals surface area contributed by atoms with E-state index in [0.29, 0.717) is 0 Å². The average molecular weight is 1170 g/mol. The van der Waals surface area contributed by atoms with Gasteiger partial charge in [-0.1, -0.05) is 203 Å². The zero-order valence-corrected chi connectivity index (χ0v) is 51.2. The predicted molar refractivity (Wildman–Crippen MR) is 382 cm³/mol. The van der Waals surface area contributed by atoms with E-state index in [0.717, 1.165) is 28.0 Å². The van der Waals surface area contributed by atoms with Crippen molar-refractivity contribution in [1.29, 1.82) is 0 Å². The molecule has 14 aromatic carbocycles. The van der Waals surface area contributed by atoms with Crippen molar-refractivity contribution < 1.29 is 8.83 Å². The van der Waals surface area contributed by atoms with Crippen molar-refractivity contribution in [3.8, 4) is 55.9 Å². The number of aromatic nitrogens is 2. The fourth-order valence-electron chi connectivity index (χ4n) is 16.0. The summed E-state index contributed by atoms with van der Waals surface area (Å²) in [5.41, 5.74) is 27.6. The highest BCUT2D eigenvalue weighted by atomic mass is 16.3. The molecule has 0 aliphatic heterocycles. The summed E-state index contributed by atoms with van der Waals surface area (Å²) in [5.74, 6) is 0. The molecule has 0 saturated carbocycles. The predicted octanol–water partition coefficient (Wildman–Crippen LogP) is 23.9. The molecule has 0 radical (unpaired) electrons. The van der Waals surface area contributed by atoms with Crippen molar-refractivity contribution in [2.45, 2.75) is 45.4 Å². The molecular weight excluding hydrogens is 1100 g/mol. The number of rotatable bonds is 4. The third-order valence-electron chi connectivity index (χ3n) is 20.6. The number of benzene rings is 14. The first kappa shape index (κ1) is 51.8. The maximum absolute atomic E-state index is 6.35. The van der Waals surface area contributed by atoms with Gasteiger partial charge in [0.1, 0.15) is 22.3 Å². The zero-order chi connectivity index (χ0) is 60.6. The van der Waals surface area contributed by atoms with Crippen molar-refractivity contribution in [3.05, 3.63) is 301 Å². The van der Waals surface area contributed by atoms with Gasteiger partial charge in [-0.2, -0.15) is 0 Å². The summed E-state index contributed by atoms with van der Waals surface area (Å²) in [6, 6.07) is 100. The van der Waals surface area contributed by atoms with Gasteiger partial charge < -0.3 is 18.0 Å². The summed E-state index contributed by atoms with van der Waals surface area (Å²) < 4.78 is 17.5. The highest BCUT2D eigenvalue weighted by Crippen LogP contribution is 2.55. The lowest BCUT2D eigenvalue weighted by Gasteiger charge is -2.21. The summed E-state index contributed by atoms with van der Waals surface area (Å²) >= 11 is 0. The lowest BCUT2D eigenvalue weighted by atomic mass is 9.82. The van der Waals surface area contributed by atoms with Crippen molar-refractivity contribution in [2.24, 2.45) is 0 Å². The van der Waals surface area contributed by atoms with Gasteiger partial charge in [-0.3, -0.25) is 0 Å². The van der Waals surface area contributed by atoms with E-state index in [2.05, 4.69) is 305 Å². The molecule has 4 nitrogen and oxygen atoms in total. The molecule has 20 rings (SSSR count). The zero-order valence-electron chi connectivity index (χ0n) is 51.2. The SMILES string of the molecule is CC1(C)c2cc3oc4ccccc4c3cc2-c2cc3c4ccccc4n(-c4ccc(-c5cc6ccccc6c6ccccc56)cc4)c3cc21.Cc1ccc(-c2ccc(-n3c4ccccc4c4cc5c(cc43)C(C)(C)c3cc4oc6ccccc6c4cc3-5)cc2)cc1. The number of hydrogen-bond donors (Lipinski definition) is 0. The van der Waals surface area contributed by atoms with Crippen molar-refractivity contribution >= 4 is 109 Å². The molecule has 2 aliphatic carbocycles. The van der Waals surface area contributed by atoms with Crippen LogP contribution in [-0.4, -0.2) is 9.13 Å². The van der Waals surface area contributed by atoms with E-state index in [-0.39, 0.29) is 10.8 Å². The van der Waals surface area contributed by atoms with E-state index in [9.17, 15) is 0 Å². The number of aryl methyl sites for hydroxylation is 1. The number of fused-ring (bicyclic) bond motifs is 21. The van der Waals surface area contributed by atoms with Gasteiger partial charge in [0.15, 0.2) is 0 Å². The quantitative estimate of drug-likeness (QED) is 0.165. The molecule has 0 N–H and O–H groups in total. The lowest BCUT2D eigenvalue weighted by Crippen LogP contribution is -2.15. The van der Waals surface area contributed by atoms with E-state index >= 15 is 0 Å². The topological polar surface area (TPSA) is 36.1 Å². The standard InChI is InChI=1S/C47H31NO.C40H29NO/c1-47(2)41-26-44-39(24-37(41)38-25-40-35-16-8-10-18-45(35)49-46(40)27-42(38)47)34-15-7-9-17-43(34)48(44)30-21-19-28(20-22-30)36-23-29-11-3-4-12-31(29)32-13-5-6-14-33(32)36;1-24-12-14-25(15-13-24)26-16-18-27(19-17-26)41-36-10-6-4-8-28(36)32-20-30-31-21-33-29-9-5-7-11-38(29)42-39(33)23-35(31)40(2,3)34(30)22-37(32)41/h3-27H,1-2H3;4-23H,1-3H3. The second-order valence-electron chi connectivity index (χ2n) is 26.4. The molecule has 0 fully saturated rings. The molecule has 0 unspecified atom stereocenters. The van der Waals surface area contributed by atoms with Crippen LogP contribution < -0.4 is 0 Å². The Morgan fingerprint density at radius 3 is 1.12 bits per heavy atom. The largest absolute Gasteiger partial charge is 0.456 e. The Labute approximate surface area is 526 Å². The molecule has 91 heavy (non-hydrogen) atoms. The molecule has 0 bridgehead atoms. The molecule has 0 spiro atoms. The average Bonchev–Trinajstić information content (AvgIpc) is 1.56. The lowest BCUT2D eigenvalue weighted by molar-refractivity contribution is 0.647. The first-order valence-corrected chi connectivity index (χ1v) is 31.8. The Bertz CT molecular complexity index is 6120. The van der Waals surface area contributed by atoms with E-state index in [1.165, 1.54) is 165 Å².